The molecule has 1 amide bonds. The van der Waals surface area contributed by atoms with Crippen molar-refractivity contribution in [2.75, 3.05) is 5.73 Å². The predicted molar refractivity (Wildman–Crippen MR) is 62.9 cm³/mol. The molecule has 0 aliphatic heterocycles. The Morgan fingerprint density at radius 1 is 1.47 bits per heavy atom. The third-order valence-corrected chi connectivity index (χ3v) is 3.49. The second kappa shape index (κ2) is 3.90. The van der Waals surface area contributed by atoms with Crippen molar-refractivity contribution in [3.05, 3.63) is 40.8 Å². The summed E-state index contributed by atoms with van der Waals surface area (Å²) in [4.78, 5) is 12.1. The van der Waals surface area contributed by atoms with Gasteiger partial charge in [-0.15, -0.1) is 11.3 Å². The zero-order valence-electron chi connectivity index (χ0n) is 8.14. The average molecular weight is 220 g/mol. The zero-order valence-corrected chi connectivity index (χ0v) is 8.96. The molecule has 4 heteroatoms. The van der Waals surface area contributed by atoms with Gasteiger partial charge in [-0.1, -0.05) is 24.3 Å². The van der Waals surface area contributed by atoms with Gasteiger partial charge in [-0.2, -0.15) is 0 Å². The van der Waals surface area contributed by atoms with Crippen LogP contribution in [0.1, 0.15) is 27.6 Å². The molecule has 3 nitrogen and oxygen atoms in total. The van der Waals surface area contributed by atoms with Crippen LogP contribution >= 0.6 is 11.3 Å². The third-order valence-electron chi connectivity index (χ3n) is 2.39. The molecule has 0 aromatic carbocycles. The Kier molecular flexibility index (Phi) is 2.60. The first-order valence-electron chi connectivity index (χ1n) is 4.71. The number of carbonyl (C=O) groups is 1. The molecule has 0 spiro atoms. The Morgan fingerprint density at radius 3 is 2.80 bits per heavy atom. The van der Waals surface area contributed by atoms with E-state index in [1.165, 1.54) is 11.3 Å². The number of nitrogen functional groups attached to an aromatic ring is 1. The molecule has 4 N–H and O–H groups in total. The summed E-state index contributed by atoms with van der Waals surface area (Å²) in [5.41, 5.74) is 11.4. The van der Waals surface area contributed by atoms with Gasteiger partial charge in [0.2, 0.25) is 0 Å². The second-order valence-corrected chi connectivity index (χ2v) is 4.56. The Hall–Kier alpha value is -1.55. The fourth-order valence-corrected chi connectivity index (χ4v) is 2.62. The van der Waals surface area contributed by atoms with Crippen LogP contribution in [0, 0.1) is 0 Å². The summed E-state index contributed by atoms with van der Waals surface area (Å²) in [6.45, 7) is 0. The molecule has 15 heavy (non-hydrogen) atoms. The van der Waals surface area contributed by atoms with Crippen molar-refractivity contribution in [2.24, 2.45) is 5.73 Å². The van der Waals surface area contributed by atoms with Crippen molar-refractivity contribution >= 4 is 22.2 Å². The Morgan fingerprint density at radius 2 is 2.27 bits per heavy atom. The van der Waals surface area contributed by atoms with Gasteiger partial charge in [-0.05, 0) is 12.5 Å². The van der Waals surface area contributed by atoms with Crippen LogP contribution in [0.3, 0.4) is 0 Å². The van der Waals surface area contributed by atoms with Crippen molar-refractivity contribution in [1.82, 2.24) is 0 Å². The minimum absolute atomic E-state index is 0.329. The summed E-state index contributed by atoms with van der Waals surface area (Å²) >= 11 is 1.44. The maximum atomic E-state index is 11.0. The van der Waals surface area contributed by atoms with E-state index in [1.807, 2.05) is 12.2 Å². The van der Waals surface area contributed by atoms with Crippen LogP contribution in [0.2, 0.25) is 0 Å². The van der Waals surface area contributed by atoms with Crippen LogP contribution in [0.15, 0.2) is 30.4 Å². The van der Waals surface area contributed by atoms with Gasteiger partial charge in [0, 0.05) is 10.8 Å². The second-order valence-electron chi connectivity index (χ2n) is 3.45. The number of amides is 1. The van der Waals surface area contributed by atoms with Crippen molar-refractivity contribution in [2.45, 2.75) is 12.3 Å². The first kappa shape index (κ1) is 9.98. The molecule has 1 aromatic heterocycles. The summed E-state index contributed by atoms with van der Waals surface area (Å²) in [5.74, 6) is -0.124. The lowest BCUT2D eigenvalue weighted by atomic mass is 9.99. The maximum Gasteiger partial charge on any atom is 0.251 e. The fourth-order valence-electron chi connectivity index (χ4n) is 1.59. The molecule has 1 aliphatic rings. The molecule has 1 heterocycles. The van der Waals surface area contributed by atoms with E-state index in [0.717, 1.165) is 11.3 Å². The molecule has 0 saturated carbocycles. The Bertz CT molecular complexity index is 445. The van der Waals surface area contributed by atoms with E-state index in [1.54, 1.807) is 6.07 Å². The monoisotopic (exact) mass is 220 g/mol. The summed E-state index contributed by atoms with van der Waals surface area (Å²) in [6.07, 6.45) is 9.19. The van der Waals surface area contributed by atoms with E-state index >= 15 is 0 Å². The van der Waals surface area contributed by atoms with E-state index in [4.69, 9.17) is 11.5 Å². The summed E-state index contributed by atoms with van der Waals surface area (Å²) in [7, 11) is 0. The molecule has 1 atom stereocenters. The van der Waals surface area contributed by atoms with Crippen molar-refractivity contribution in [1.29, 1.82) is 0 Å². The third kappa shape index (κ3) is 1.94. The molecule has 0 saturated heterocycles. The van der Waals surface area contributed by atoms with Crippen molar-refractivity contribution in [3.63, 3.8) is 0 Å². The zero-order chi connectivity index (χ0) is 10.8. The minimum atomic E-state index is -0.453. The van der Waals surface area contributed by atoms with Crippen LogP contribution < -0.4 is 11.5 Å². The van der Waals surface area contributed by atoms with Crippen LogP contribution in [-0.4, -0.2) is 5.91 Å². The van der Waals surface area contributed by atoms with E-state index < -0.39 is 5.91 Å². The number of thiophene rings is 1. The summed E-state index contributed by atoms with van der Waals surface area (Å²) in [6, 6.07) is 1.80. The number of hydrogen-bond acceptors (Lipinski definition) is 3. The molecule has 1 aliphatic carbocycles. The lowest BCUT2D eigenvalue weighted by Crippen LogP contribution is -2.11. The maximum absolute atomic E-state index is 11.0. The van der Waals surface area contributed by atoms with Crippen LogP contribution in [0.25, 0.3) is 0 Å². The minimum Gasteiger partial charge on any atom is -0.390 e. The number of primary amides is 1. The van der Waals surface area contributed by atoms with Crippen molar-refractivity contribution < 1.29 is 4.79 Å². The Labute approximate surface area is 92.1 Å². The highest BCUT2D eigenvalue weighted by Gasteiger charge is 2.16. The van der Waals surface area contributed by atoms with Gasteiger partial charge < -0.3 is 11.5 Å². The summed E-state index contributed by atoms with van der Waals surface area (Å²) < 4.78 is 0. The smallest absolute Gasteiger partial charge is 0.251 e. The standard InChI is InChI=1S/C11H12N2OS/c12-10(14)8-6-9(15-11(8)13)7-4-2-1-3-5-7/h1-4,6-7H,5,13H2,(H2,12,14). The molecule has 78 valence electrons. The van der Waals surface area contributed by atoms with Gasteiger partial charge in [-0.3, -0.25) is 4.79 Å². The van der Waals surface area contributed by atoms with Gasteiger partial charge in [-0.25, -0.2) is 0 Å². The number of nitrogens with two attached hydrogens (primary N) is 2. The van der Waals surface area contributed by atoms with Crippen LogP contribution in [0.5, 0.6) is 0 Å². The van der Waals surface area contributed by atoms with Gasteiger partial charge in [0.25, 0.3) is 5.91 Å². The Balaban J connectivity index is 2.30. The molecule has 0 bridgehead atoms. The lowest BCUT2D eigenvalue weighted by molar-refractivity contribution is 0.100. The van der Waals surface area contributed by atoms with Gasteiger partial charge in [0.1, 0.15) is 0 Å². The molecular formula is C11H12N2OS. The topological polar surface area (TPSA) is 69.1 Å². The van der Waals surface area contributed by atoms with E-state index in [9.17, 15) is 4.79 Å². The highest BCUT2D eigenvalue weighted by Crippen LogP contribution is 2.34. The first-order chi connectivity index (χ1) is 7.18. The molecule has 0 fully saturated rings. The highest BCUT2D eigenvalue weighted by atomic mass is 32.1. The molecule has 1 unspecified atom stereocenters. The van der Waals surface area contributed by atoms with Crippen molar-refractivity contribution in [3.8, 4) is 0 Å². The number of carbonyl (C=O) groups excluding carboxylic acids is 1. The predicted octanol–water partition coefficient (Wildman–Crippen LogP) is 2.03. The van der Waals surface area contributed by atoms with E-state index in [-0.39, 0.29) is 0 Å². The largest absolute Gasteiger partial charge is 0.390 e. The molecule has 2 rings (SSSR count). The lowest BCUT2D eigenvalue weighted by Gasteiger charge is -2.09. The molecule has 1 aromatic rings. The number of rotatable bonds is 2. The van der Waals surface area contributed by atoms with Gasteiger partial charge >= 0.3 is 0 Å². The van der Waals surface area contributed by atoms with E-state index in [2.05, 4.69) is 12.2 Å². The molecular weight excluding hydrogens is 208 g/mol. The average Bonchev–Trinajstić information content (AvgIpc) is 2.62. The number of allylic oxidation sites excluding steroid dienone is 4. The van der Waals surface area contributed by atoms with Gasteiger partial charge in [0.05, 0.1) is 10.6 Å². The van der Waals surface area contributed by atoms with E-state index in [0.29, 0.717) is 16.5 Å². The molecule has 0 radical (unpaired) electrons. The van der Waals surface area contributed by atoms with Crippen LogP contribution in [-0.2, 0) is 0 Å². The van der Waals surface area contributed by atoms with Crippen LogP contribution in [0.4, 0.5) is 5.00 Å². The van der Waals surface area contributed by atoms with Gasteiger partial charge in [0.15, 0.2) is 0 Å². The normalized spacial score (nSPS) is 19.3. The quantitative estimate of drug-likeness (QED) is 0.800. The fraction of sp³-hybridized carbons (Fsp3) is 0.182. The summed E-state index contributed by atoms with van der Waals surface area (Å²) in [5, 5.41) is 0.514. The SMILES string of the molecule is NC(=O)c1cc(C2C=CC=CC2)sc1N. The number of hydrogen-bond donors (Lipinski definition) is 2. The first-order valence-corrected chi connectivity index (χ1v) is 5.52. The highest BCUT2D eigenvalue weighted by molar-refractivity contribution is 7.16. The number of anilines is 1.